The number of ether oxygens (including phenoxy) is 3. The molecule has 1 aliphatic heterocycles. The predicted octanol–water partition coefficient (Wildman–Crippen LogP) is 3.72. The van der Waals surface area contributed by atoms with Crippen molar-refractivity contribution in [1.82, 2.24) is 14.9 Å². The second kappa shape index (κ2) is 10.6. The molecule has 0 spiro atoms. The van der Waals surface area contributed by atoms with Gasteiger partial charge in [0.1, 0.15) is 17.9 Å². The molecule has 8 nitrogen and oxygen atoms in total. The van der Waals surface area contributed by atoms with Crippen molar-refractivity contribution in [2.24, 2.45) is 0 Å². The summed E-state index contributed by atoms with van der Waals surface area (Å²) in [7, 11) is 1.63. The van der Waals surface area contributed by atoms with E-state index in [0.717, 1.165) is 28.0 Å². The van der Waals surface area contributed by atoms with Gasteiger partial charge in [0.2, 0.25) is 5.91 Å². The third-order valence-corrected chi connectivity index (χ3v) is 5.78. The van der Waals surface area contributed by atoms with Crippen molar-refractivity contribution in [2.75, 3.05) is 44.8 Å². The quantitative estimate of drug-likeness (QED) is 0.503. The lowest BCUT2D eigenvalue weighted by molar-refractivity contribution is -0.130. The van der Waals surface area contributed by atoms with Crippen LogP contribution >= 0.6 is 0 Å². The Morgan fingerprint density at radius 3 is 2.41 bits per heavy atom. The van der Waals surface area contributed by atoms with Crippen LogP contribution in [0.1, 0.15) is 26.3 Å². The van der Waals surface area contributed by atoms with Crippen molar-refractivity contribution < 1.29 is 19.0 Å². The molecule has 0 aliphatic carbocycles. The van der Waals surface area contributed by atoms with Crippen LogP contribution < -0.4 is 19.1 Å². The van der Waals surface area contributed by atoms with Gasteiger partial charge in [-0.25, -0.2) is 9.97 Å². The molecule has 0 atom stereocenters. The molecule has 1 aliphatic rings. The van der Waals surface area contributed by atoms with E-state index in [1.165, 1.54) is 0 Å². The topological polar surface area (TPSA) is 77.0 Å². The van der Waals surface area contributed by atoms with Crippen LogP contribution in [0.3, 0.4) is 0 Å². The molecule has 0 radical (unpaired) electrons. The summed E-state index contributed by atoms with van der Waals surface area (Å²) < 4.78 is 16.9. The van der Waals surface area contributed by atoms with Crippen LogP contribution in [-0.4, -0.2) is 66.8 Å². The van der Waals surface area contributed by atoms with Gasteiger partial charge in [-0.05, 0) is 44.5 Å². The van der Waals surface area contributed by atoms with Gasteiger partial charge in [-0.3, -0.25) is 4.79 Å². The molecule has 0 saturated carbocycles. The minimum atomic E-state index is 0.128. The minimum absolute atomic E-state index is 0.128. The number of aromatic nitrogens is 2. The lowest BCUT2D eigenvalue weighted by Crippen LogP contribution is -2.49. The average Bonchev–Trinajstić information content (AvgIpc) is 2.84. The number of piperazine rings is 1. The smallest absolute Gasteiger partial charge is 0.227 e. The largest absolute Gasteiger partial charge is 0.493 e. The summed E-state index contributed by atoms with van der Waals surface area (Å²) in [5.74, 6) is 3.12. The fourth-order valence-electron chi connectivity index (χ4n) is 4.14. The Balaban J connectivity index is 1.42. The number of rotatable bonds is 8. The number of hydrogen-bond donors (Lipinski definition) is 0. The SMILES string of the molecule is CCOc1cc2ncnc(N3CCN(C(=O)Cc4ccc(OC(C)C)cc4)CC3)c2cc1OC. The summed E-state index contributed by atoms with van der Waals surface area (Å²) in [6.45, 7) is 9.17. The van der Waals surface area contributed by atoms with E-state index in [0.29, 0.717) is 50.7 Å². The molecule has 3 aromatic rings. The summed E-state index contributed by atoms with van der Waals surface area (Å²) in [6.07, 6.45) is 2.09. The van der Waals surface area contributed by atoms with Gasteiger partial charge in [-0.2, -0.15) is 0 Å². The van der Waals surface area contributed by atoms with Crippen molar-refractivity contribution >= 4 is 22.6 Å². The van der Waals surface area contributed by atoms with Crippen molar-refractivity contribution in [3.8, 4) is 17.2 Å². The van der Waals surface area contributed by atoms with Gasteiger partial charge in [-0.15, -0.1) is 0 Å². The summed E-state index contributed by atoms with van der Waals surface area (Å²) in [5.41, 5.74) is 1.79. The zero-order valence-electron chi connectivity index (χ0n) is 20.3. The van der Waals surface area contributed by atoms with Gasteiger partial charge >= 0.3 is 0 Å². The third kappa shape index (κ3) is 5.32. The van der Waals surface area contributed by atoms with E-state index in [1.807, 2.05) is 62.1 Å². The fraction of sp³-hybridized carbons (Fsp3) is 0.423. The Kier molecular flexibility index (Phi) is 7.35. The monoisotopic (exact) mass is 464 g/mol. The number of hydrogen-bond acceptors (Lipinski definition) is 7. The second-order valence-electron chi connectivity index (χ2n) is 8.51. The molecular weight excluding hydrogens is 432 g/mol. The standard InChI is InChI=1S/C26H32N4O4/c1-5-33-24-16-22-21(15-23(24)32-4)26(28-17-27-22)30-12-10-29(11-13-30)25(31)14-19-6-8-20(9-7-19)34-18(2)3/h6-9,15-18H,5,10-14H2,1-4H3. The van der Waals surface area contributed by atoms with E-state index in [9.17, 15) is 4.79 Å². The van der Waals surface area contributed by atoms with Crippen LogP contribution in [0.25, 0.3) is 10.9 Å². The van der Waals surface area contributed by atoms with Gasteiger partial charge in [-0.1, -0.05) is 12.1 Å². The Hall–Kier alpha value is -3.55. The van der Waals surface area contributed by atoms with Crippen molar-refractivity contribution in [3.63, 3.8) is 0 Å². The number of fused-ring (bicyclic) bond motifs is 1. The lowest BCUT2D eigenvalue weighted by Gasteiger charge is -2.36. The first-order valence-corrected chi connectivity index (χ1v) is 11.7. The normalized spacial score (nSPS) is 13.9. The molecule has 180 valence electrons. The van der Waals surface area contributed by atoms with E-state index in [-0.39, 0.29) is 12.0 Å². The van der Waals surface area contributed by atoms with E-state index < -0.39 is 0 Å². The highest BCUT2D eigenvalue weighted by molar-refractivity contribution is 5.92. The van der Waals surface area contributed by atoms with E-state index in [4.69, 9.17) is 14.2 Å². The maximum Gasteiger partial charge on any atom is 0.227 e. The van der Waals surface area contributed by atoms with Crippen LogP contribution in [-0.2, 0) is 11.2 Å². The van der Waals surface area contributed by atoms with Crippen LogP contribution in [0, 0.1) is 0 Å². The maximum absolute atomic E-state index is 12.9. The Bertz CT molecular complexity index is 1130. The van der Waals surface area contributed by atoms with Gasteiger partial charge < -0.3 is 24.0 Å². The molecule has 0 unspecified atom stereocenters. The molecule has 8 heteroatoms. The van der Waals surface area contributed by atoms with Crippen LogP contribution in [0.2, 0.25) is 0 Å². The summed E-state index contributed by atoms with van der Waals surface area (Å²) >= 11 is 0. The molecule has 1 amide bonds. The Morgan fingerprint density at radius 1 is 1.03 bits per heavy atom. The number of amides is 1. The van der Waals surface area contributed by atoms with Gasteiger partial charge in [0, 0.05) is 37.6 Å². The highest BCUT2D eigenvalue weighted by atomic mass is 16.5. The van der Waals surface area contributed by atoms with Crippen LogP contribution in [0.4, 0.5) is 5.82 Å². The first-order chi connectivity index (χ1) is 16.5. The summed E-state index contributed by atoms with van der Waals surface area (Å²) in [6, 6.07) is 11.6. The zero-order chi connectivity index (χ0) is 24.1. The van der Waals surface area contributed by atoms with E-state index in [2.05, 4.69) is 14.9 Å². The molecule has 4 rings (SSSR count). The highest BCUT2D eigenvalue weighted by Gasteiger charge is 2.24. The van der Waals surface area contributed by atoms with Gasteiger partial charge in [0.05, 0.1) is 31.8 Å². The first kappa shape index (κ1) is 23.6. The molecule has 34 heavy (non-hydrogen) atoms. The average molecular weight is 465 g/mol. The van der Waals surface area contributed by atoms with Crippen molar-refractivity contribution in [2.45, 2.75) is 33.3 Å². The molecule has 0 bridgehead atoms. The summed E-state index contributed by atoms with van der Waals surface area (Å²) in [4.78, 5) is 26.0. The number of carbonyl (C=O) groups is 1. The summed E-state index contributed by atoms with van der Waals surface area (Å²) in [5, 5.41) is 0.909. The minimum Gasteiger partial charge on any atom is -0.493 e. The van der Waals surface area contributed by atoms with Gasteiger partial charge in [0.25, 0.3) is 0 Å². The number of benzene rings is 2. The zero-order valence-corrected chi connectivity index (χ0v) is 20.3. The predicted molar refractivity (Wildman–Crippen MR) is 132 cm³/mol. The number of anilines is 1. The van der Waals surface area contributed by atoms with E-state index in [1.54, 1.807) is 13.4 Å². The molecule has 1 aromatic heterocycles. The van der Waals surface area contributed by atoms with Crippen LogP contribution in [0.5, 0.6) is 17.2 Å². The second-order valence-corrected chi connectivity index (χ2v) is 8.51. The fourth-order valence-corrected chi connectivity index (χ4v) is 4.14. The molecule has 0 N–H and O–H groups in total. The van der Waals surface area contributed by atoms with Gasteiger partial charge in [0.15, 0.2) is 11.5 Å². The molecule has 2 heterocycles. The third-order valence-electron chi connectivity index (χ3n) is 5.78. The lowest BCUT2D eigenvalue weighted by atomic mass is 10.1. The van der Waals surface area contributed by atoms with Crippen molar-refractivity contribution in [1.29, 1.82) is 0 Å². The van der Waals surface area contributed by atoms with E-state index >= 15 is 0 Å². The number of methoxy groups -OCH3 is 1. The highest BCUT2D eigenvalue weighted by Crippen LogP contribution is 2.35. The molecule has 2 aromatic carbocycles. The van der Waals surface area contributed by atoms with Crippen molar-refractivity contribution in [3.05, 3.63) is 48.3 Å². The Labute approximate surface area is 200 Å². The molecular formula is C26H32N4O4. The Morgan fingerprint density at radius 2 is 1.76 bits per heavy atom. The molecule has 1 fully saturated rings. The van der Waals surface area contributed by atoms with Crippen LogP contribution in [0.15, 0.2) is 42.7 Å². The molecule has 1 saturated heterocycles. The number of carbonyl (C=O) groups excluding carboxylic acids is 1. The maximum atomic E-state index is 12.9. The number of nitrogens with zero attached hydrogens (tertiary/aromatic N) is 4. The first-order valence-electron chi connectivity index (χ1n) is 11.7.